The Morgan fingerprint density at radius 1 is 1.38 bits per heavy atom. The summed E-state index contributed by atoms with van der Waals surface area (Å²) in [6.45, 7) is 5.97. The molecule has 0 fully saturated rings. The number of carbonyl (C=O) groups excluding carboxylic acids is 1. The topological polar surface area (TPSA) is 55.1 Å². The summed E-state index contributed by atoms with van der Waals surface area (Å²) in [6, 6.07) is 5.17. The van der Waals surface area contributed by atoms with Gasteiger partial charge in [0, 0.05) is 22.5 Å². The first-order chi connectivity index (χ1) is 9.90. The van der Waals surface area contributed by atoms with Crippen LogP contribution < -0.4 is 5.32 Å². The number of halogens is 2. The lowest BCUT2D eigenvalue weighted by Crippen LogP contribution is -2.24. The minimum atomic E-state index is -0.219. The summed E-state index contributed by atoms with van der Waals surface area (Å²) >= 11 is 11.9. The van der Waals surface area contributed by atoms with E-state index in [0.717, 1.165) is 5.56 Å². The molecule has 21 heavy (non-hydrogen) atoms. The van der Waals surface area contributed by atoms with Crippen LogP contribution in [0.15, 0.2) is 22.7 Å². The van der Waals surface area contributed by atoms with Crippen LogP contribution in [0.25, 0.3) is 0 Å². The predicted molar refractivity (Wildman–Crippen MR) is 83.0 cm³/mol. The van der Waals surface area contributed by atoms with Gasteiger partial charge in [0.2, 0.25) is 0 Å². The maximum absolute atomic E-state index is 12.3. The first-order valence-electron chi connectivity index (χ1n) is 6.58. The van der Waals surface area contributed by atoms with Crippen molar-refractivity contribution in [1.29, 1.82) is 0 Å². The van der Waals surface area contributed by atoms with Crippen molar-refractivity contribution >= 4 is 29.1 Å². The minimum absolute atomic E-state index is 0.0890. The maximum Gasteiger partial charge on any atom is 0.257 e. The number of hydrogen-bond donors (Lipinski definition) is 1. The highest BCUT2D eigenvalue weighted by Crippen LogP contribution is 2.23. The largest absolute Gasteiger partial charge is 0.360 e. The molecule has 0 spiro atoms. The number of amides is 1. The molecule has 0 saturated carbocycles. The Balaban J connectivity index is 2.14. The van der Waals surface area contributed by atoms with E-state index in [4.69, 9.17) is 27.7 Å². The molecule has 112 valence electrons. The SMILES string of the molecule is Cc1noc(C(C)C)c1C(=O)NCc1ccc(Cl)cc1Cl. The van der Waals surface area contributed by atoms with Gasteiger partial charge < -0.3 is 9.84 Å². The zero-order chi connectivity index (χ0) is 15.6. The zero-order valence-corrected chi connectivity index (χ0v) is 13.5. The van der Waals surface area contributed by atoms with E-state index in [2.05, 4.69) is 10.5 Å². The molecule has 0 saturated heterocycles. The number of nitrogens with zero attached hydrogens (tertiary/aromatic N) is 1. The van der Waals surface area contributed by atoms with Gasteiger partial charge in [0.25, 0.3) is 5.91 Å². The second kappa shape index (κ2) is 6.50. The van der Waals surface area contributed by atoms with Gasteiger partial charge in [0.15, 0.2) is 5.76 Å². The minimum Gasteiger partial charge on any atom is -0.360 e. The highest BCUT2D eigenvalue weighted by molar-refractivity contribution is 6.35. The number of rotatable bonds is 4. The molecular formula is C15H16Cl2N2O2. The van der Waals surface area contributed by atoms with Crippen LogP contribution in [-0.4, -0.2) is 11.1 Å². The molecule has 2 aromatic rings. The van der Waals surface area contributed by atoms with Gasteiger partial charge >= 0.3 is 0 Å². The van der Waals surface area contributed by atoms with Crippen molar-refractivity contribution in [1.82, 2.24) is 10.5 Å². The Bertz CT molecular complexity index is 666. The molecular weight excluding hydrogens is 311 g/mol. The molecule has 0 radical (unpaired) electrons. The third kappa shape index (κ3) is 3.57. The van der Waals surface area contributed by atoms with E-state index < -0.39 is 0 Å². The van der Waals surface area contributed by atoms with E-state index in [0.29, 0.717) is 33.6 Å². The van der Waals surface area contributed by atoms with E-state index in [1.807, 2.05) is 13.8 Å². The Hall–Kier alpha value is -1.52. The van der Waals surface area contributed by atoms with Crippen molar-refractivity contribution in [3.05, 3.63) is 50.8 Å². The standard InChI is InChI=1S/C15H16Cl2N2O2/c1-8(2)14-13(9(3)19-21-14)15(20)18-7-10-4-5-11(16)6-12(10)17/h4-6,8H,7H2,1-3H3,(H,18,20). The summed E-state index contributed by atoms with van der Waals surface area (Å²) in [5.41, 5.74) is 1.88. The molecule has 0 aliphatic rings. The molecule has 0 bridgehead atoms. The third-order valence-electron chi connectivity index (χ3n) is 3.10. The summed E-state index contributed by atoms with van der Waals surface area (Å²) in [6.07, 6.45) is 0. The molecule has 0 aliphatic heterocycles. The molecule has 1 heterocycles. The van der Waals surface area contributed by atoms with Gasteiger partial charge in [-0.15, -0.1) is 0 Å². The maximum atomic E-state index is 12.3. The van der Waals surface area contributed by atoms with Crippen LogP contribution in [0.3, 0.4) is 0 Å². The molecule has 1 aromatic carbocycles. The molecule has 0 unspecified atom stereocenters. The first-order valence-corrected chi connectivity index (χ1v) is 7.34. The van der Waals surface area contributed by atoms with Crippen molar-refractivity contribution in [2.45, 2.75) is 33.2 Å². The molecule has 0 aliphatic carbocycles. The van der Waals surface area contributed by atoms with Crippen LogP contribution in [0.5, 0.6) is 0 Å². The van der Waals surface area contributed by atoms with Crippen LogP contribution in [0.4, 0.5) is 0 Å². The summed E-state index contributed by atoms with van der Waals surface area (Å²) in [4.78, 5) is 12.3. The van der Waals surface area contributed by atoms with Crippen molar-refractivity contribution in [2.24, 2.45) is 0 Å². The average Bonchev–Trinajstić information content (AvgIpc) is 2.79. The number of aromatic nitrogens is 1. The van der Waals surface area contributed by atoms with Gasteiger partial charge in [-0.2, -0.15) is 0 Å². The van der Waals surface area contributed by atoms with E-state index in [9.17, 15) is 4.79 Å². The summed E-state index contributed by atoms with van der Waals surface area (Å²) in [5.74, 6) is 0.460. The lowest BCUT2D eigenvalue weighted by Gasteiger charge is -2.08. The third-order valence-corrected chi connectivity index (χ3v) is 3.68. The van der Waals surface area contributed by atoms with Crippen LogP contribution in [0.2, 0.25) is 10.0 Å². The van der Waals surface area contributed by atoms with Gasteiger partial charge in [-0.1, -0.05) is 48.3 Å². The van der Waals surface area contributed by atoms with Crippen molar-refractivity contribution in [3.8, 4) is 0 Å². The van der Waals surface area contributed by atoms with Gasteiger partial charge in [-0.25, -0.2) is 0 Å². The number of aryl methyl sites for hydroxylation is 1. The van der Waals surface area contributed by atoms with Crippen molar-refractivity contribution in [3.63, 3.8) is 0 Å². The average molecular weight is 327 g/mol. The second-order valence-electron chi connectivity index (χ2n) is 5.08. The van der Waals surface area contributed by atoms with Crippen LogP contribution in [0, 0.1) is 6.92 Å². The Labute approximate surface area is 133 Å². The van der Waals surface area contributed by atoms with Crippen LogP contribution in [0.1, 0.15) is 47.1 Å². The highest BCUT2D eigenvalue weighted by Gasteiger charge is 2.22. The molecule has 1 N–H and O–H groups in total. The number of carbonyl (C=O) groups is 1. The van der Waals surface area contributed by atoms with Gasteiger partial charge in [-0.3, -0.25) is 4.79 Å². The highest BCUT2D eigenvalue weighted by atomic mass is 35.5. The summed E-state index contributed by atoms with van der Waals surface area (Å²) in [5, 5.41) is 7.78. The lowest BCUT2D eigenvalue weighted by atomic mass is 10.0. The predicted octanol–water partition coefficient (Wildman–Crippen LogP) is 4.34. The molecule has 1 amide bonds. The molecule has 1 aromatic heterocycles. The van der Waals surface area contributed by atoms with Gasteiger partial charge in [0.1, 0.15) is 5.56 Å². The fourth-order valence-electron chi connectivity index (χ4n) is 1.99. The number of benzene rings is 1. The van der Waals surface area contributed by atoms with E-state index in [1.54, 1.807) is 25.1 Å². The fourth-order valence-corrected chi connectivity index (χ4v) is 2.46. The summed E-state index contributed by atoms with van der Waals surface area (Å²) < 4.78 is 5.22. The number of hydrogen-bond acceptors (Lipinski definition) is 3. The monoisotopic (exact) mass is 326 g/mol. The first kappa shape index (κ1) is 15.9. The zero-order valence-electron chi connectivity index (χ0n) is 12.0. The van der Waals surface area contributed by atoms with Crippen molar-refractivity contribution in [2.75, 3.05) is 0 Å². The molecule has 4 nitrogen and oxygen atoms in total. The smallest absolute Gasteiger partial charge is 0.257 e. The van der Waals surface area contributed by atoms with E-state index >= 15 is 0 Å². The van der Waals surface area contributed by atoms with Crippen LogP contribution in [-0.2, 0) is 6.54 Å². The quantitative estimate of drug-likeness (QED) is 0.909. The Kier molecular flexibility index (Phi) is 4.91. The van der Waals surface area contributed by atoms with Gasteiger partial charge in [-0.05, 0) is 24.6 Å². The van der Waals surface area contributed by atoms with E-state index in [-0.39, 0.29) is 11.8 Å². The van der Waals surface area contributed by atoms with E-state index in [1.165, 1.54) is 0 Å². The fraction of sp³-hybridized carbons (Fsp3) is 0.333. The molecule has 2 rings (SSSR count). The normalized spacial score (nSPS) is 11.0. The second-order valence-corrected chi connectivity index (χ2v) is 5.92. The number of nitrogens with one attached hydrogen (secondary N) is 1. The van der Waals surface area contributed by atoms with Crippen LogP contribution >= 0.6 is 23.2 Å². The Morgan fingerprint density at radius 3 is 2.71 bits per heavy atom. The van der Waals surface area contributed by atoms with Gasteiger partial charge in [0.05, 0.1) is 5.69 Å². The summed E-state index contributed by atoms with van der Waals surface area (Å²) in [7, 11) is 0. The lowest BCUT2D eigenvalue weighted by molar-refractivity contribution is 0.0948. The molecule has 6 heteroatoms. The van der Waals surface area contributed by atoms with Crippen molar-refractivity contribution < 1.29 is 9.32 Å². The Morgan fingerprint density at radius 2 is 2.10 bits per heavy atom. The molecule has 0 atom stereocenters.